The summed E-state index contributed by atoms with van der Waals surface area (Å²) in [6, 6.07) is 14.2. The highest BCUT2D eigenvalue weighted by Crippen LogP contribution is 2.26. The van der Waals surface area contributed by atoms with Gasteiger partial charge in [-0.25, -0.2) is 0 Å². The number of benzene rings is 1. The minimum absolute atomic E-state index is 0.0510. The van der Waals surface area contributed by atoms with Crippen LogP contribution in [0.1, 0.15) is 35.7 Å². The van der Waals surface area contributed by atoms with Crippen molar-refractivity contribution >= 4 is 17.2 Å². The summed E-state index contributed by atoms with van der Waals surface area (Å²) in [4.78, 5) is 13.7. The zero-order valence-corrected chi connectivity index (χ0v) is 12.7. The van der Waals surface area contributed by atoms with Gasteiger partial charge in [-0.15, -0.1) is 11.3 Å². The molecule has 3 rings (SSSR count). The van der Waals surface area contributed by atoms with Gasteiger partial charge >= 0.3 is 0 Å². The first kappa shape index (κ1) is 14.3. The van der Waals surface area contributed by atoms with E-state index in [1.807, 2.05) is 24.3 Å². The fraction of sp³-hybridized carbons (Fsp3) is 0.353. The van der Waals surface area contributed by atoms with Gasteiger partial charge in [-0.05, 0) is 36.4 Å². The maximum atomic E-state index is 12.5. The van der Waals surface area contributed by atoms with E-state index in [1.165, 1.54) is 4.88 Å². The van der Waals surface area contributed by atoms with E-state index in [-0.39, 0.29) is 18.0 Å². The van der Waals surface area contributed by atoms with Crippen molar-refractivity contribution in [2.75, 3.05) is 6.54 Å². The molecule has 2 N–H and O–H groups in total. The third-order valence-electron chi connectivity index (χ3n) is 3.87. The molecule has 4 heteroatoms. The molecule has 0 bridgehead atoms. The van der Waals surface area contributed by atoms with Gasteiger partial charge < -0.3 is 10.6 Å². The molecule has 0 spiro atoms. The van der Waals surface area contributed by atoms with E-state index in [0.29, 0.717) is 0 Å². The number of rotatable bonds is 4. The van der Waals surface area contributed by atoms with Crippen LogP contribution in [0.5, 0.6) is 0 Å². The van der Waals surface area contributed by atoms with Gasteiger partial charge in [0.25, 0.3) is 0 Å². The maximum absolute atomic E-state index is 12.5. The van der Waals surface area contributed by atoms with Crippen molar-refractivity contribution in [2.24, 2.45) is 0 Å². The highest BCUT2D eigenvalue weighted by atomic mass is 32.1. The molecule has 2 atom stereocenters. The van der Waals surface area contributed by atoms with Crippen LogP contribution in [-0.4, -0.2) is 18.5 Å². The molecule has 21 heavy (non-hydrogen) atoms. The van der Waals surface area contributed by atoms with Crippen molar-refractivity contribution in [1.82, 2.24) is 10.6 Å². The molecule has 1 aromatic heterocycles. The van der Waals surface area contributed by atoms with Crippen LogP contribution in [0.3, 0.4) is 0 Å². The summed E-state index contributed by atoms with van der Waals surface area (Å²) >= 11 is 1.68. The fourth-order valence-corrected chi connectivity index (χ4v) is 3.54. The Balaban J connectivity index is 1.78. The number of piperidine rings is 1. The van der Waals surface area contributed by atoms with Gasteiger partial charge in [0.1, 0.15) is 0 Å². The molecule has 1 aliphatic heterocycles. The Morgan fingerprint density at radius 1 is 1.19 bits per heavy atom. The van der Waals surface area contributed by atoms with E-state index in [9.17, 15) is 4.79 Å². The molecule has 2 aromatic rings. The highest BCUT2D eigenvalue weighted by molar-refractivity contribution is 7.10. The van der Waals surface area contributed by atoms with Crippen molar-refractivity contribution < 1.29 is 4.79 Å². The Hall–Kier alpha value is -1.65. The second kappa shape index (κ2) is 6.87. The third-order valence-corrected chi connectivity index (χ3v) is 4.81. The second-order valence-electron chi connectivity index (χ2n) is 5.37. The van der Waals surface area contributed by atoms with E-state index < -0.39 is 0 Å². The normalized spacial score (nSPS) is 19.9. The van der Waals surface area contributed by atoms with Crippen LogP contribution in [0.25, 0.3) is 0 Å². The van der Waals surface area contributed by atoms with E-state index >= 15 is 0 Å². The Kier molecular flexibility index (Phi) is 4.68. The van der Waals surface area contributed by atoms with Crippen LogP contribution in [0, 0.1) is 0 Å². The zero-order chi connectivity index (χ0) is 14.5. The monoisotopic (exact) mass is 300 g/mol. The van der Waals surface area contributed by atoms with Crippen molar-refractivity contribution in [2.45, 2.75) is 31.3 Å². The molecule has 1 fully saturated rings. The Morgan fingerprint density at radius 3 is 2.71 bits per heavy atom. The van der Waals surface area contributed by atoms with E-state index in [4.69, 9.17) is 0 Å². The SMILES string of the molecule is O=C(NC(c1ccccc1)c1cccs1)C1CCCCN1. The molecule has 1 saturated heterocycles. The molecule has 110 valence electrons. The van der Waals surface area contributed by atoms with Crippen LogP contribution in [0.2, 0.25) is 0 Å². The Morgan fingerprint density at radius 2 is 2.05 bits per heavy atom. The van der Waals surface area contributed by atoms with E-state index in [0.717, 1.165) is 31.4 Å². The predicted molar refractivity (Wildman–Crippen MR) is 86.4 cm³/mol. The zero-order valence-electron chi connectivity index (χ0n) is 11.9. The first-order valence-corrected chi connectivity index (χ1v) is 8.34. The summed E-state index contributed by atoms with van der Waals surface area (Å²) in [6.07, 6.45) is 3.22. The Bertz CT molecular complexity index is 562. The fourth-order valence-electron chi connectivity index (χ4n) is 2.74. The topological polar surface area (TPSA) is 41.1 Å². The average molecular weight is 300 g/mol. The molecule has 0 aliphatic carbocycles. The lowest BCUT2D eigenvalue weighted by Crippen LogP contribution is -2.47. The summed E-state index contributed by atoms with van der Waals surface area (Å²) < 4.78 is 0. The molecule has 3 nitrogen and oxygen atoms in total. The molecule has 1 amide bonds. The molecule has 2 heterocycles. The van der Waals surface area contributed by atoms with Crippen molar-refractivity contribution in [3.63, 3.8) is 0 Å². The minimum atomic E-state index is -0.0533. The lowest BCUT2D eigenvalue weighted by molar-refractivity contribution is -0.124. The number of hydrogen-bond acceptors (Lipinski definition) is 3. The summed E-state index contributed by atoms with van der Waals surface area (Å²) in [6.45, 7) is 0.938. The standard InChI is InChI=1S/C17H20N2OS/c20-17(14-9-4-5-11-18-14)19-16(15-10-6-12-21-15)13-7-2-1-3-8-13/h1-3,6-8,10,12,14,16,18H,4-5,9,11H2,(H,19,20). The van der Waals surface area contributed by atoms with Crippen molar-refractivity contribution in [1.29, 1.82) is 0 Å². The van der Waals surface area contributed by atoms with E-state index in [1.54, 1.807) is 11.3 Å². The number of amides is 1. The molecular formula is C17H20N2OS. The summed E-state index contributed by atoms with van der Waals surface area (Å²) in [5.41, 5.74) is 1.13. The summed E-state index contributed by atoms with van der Waals surface area (Å²) in [5.74, 6) is 0.108. The van der Waals surface area contributed by atoms with Crippen LogP contribution in [0.4, 0.5) is 0 Å². The first-order chi connectivity index (χ1) is 10.3. The largest absolute Gasteiger partial charge is 0.343 e. The van der Waals surface area contributed by atoms with Gasteiger partial charge in [0.05, 0.1) is 12.1 Å². The highest BCUT2D eigenvalue weighted by Gasteiger charge is 2.24. The van der Waals surface area contributed by atoms with Gasteiger partial charge in [-0.3, -0.25) is 4.79 Å². The number of thiophene rings is 1. The number of carbonyl (C=O) groups is 1. The molecule has 1 aliphatic rings. The third kappa shape index (κ3) is 3.52. The maximum Gasteiger partial charge on any atom is 0.237 e. The minimum Gasteiger partial charge on any atom is -0.343 e. The summed E-state index contributed by atoms with van der Waals surface area (Å²) in [7, 11) is 0. The number of hydrogen-bond donors (Lipinski definition) is 2. The van der Waals surface area contributed by atoms with E-state index in [2.05, 4.69) is 34.2 Å². The van der Waals surface area contributed by atoms with Crippen LogP contribution in [-0.2, 0) is 4.79 Å². The first-order valence-electron chi connectivity index (χ1n) is 7.47. The summed E-state index contributed by atoms with van der Waals surface area (Å²) in [5, 5.41) is 8.58. The van der Waals surface area contributed by atoms with Gasteiger partial charge in [-0.2, -0.15) is 0 Å². The van der Waals surface area contributed by atoms with Gasteiger partial charge in [-0.1, -0.05) is 42.8 Å². The number of carbonyl (C=O) groups excluding carboxylic acids is 1. The lowest BCUT2D eigenvalue weighted by Gasteiger charge is -2.26. The average Bonchev–Trinajstić information content (AvgIpc) is 3.08. The predicted octanol–water partition coefficient (Wildman–Crippen LogP) is 3.10. The molecule has 0 radical (unpaired) electrons. The smallest absolute Gasteiger partial charge is 0.237 e. The molecule has 0 saturated carbocycles. The van der Waals surface area contributed by atoms with Crippen LogP contribution < -0.4 is 10.6 Å². The second-order valence-corrected chi connectivity index (χ2v) is 6.35. The number of nitrogens with one attached hydrogen (secondary N) is 2. The van der Waals surface area contributed by atoms with Gasteiger partial charge in [0.15, 0.2) is 0 Å². The van der Waals surface area contributed by atoms with Crippen LogP contribution >= 0.6 is 11.3 Å². The molecular weight excluding hydrogens is 280 g/mol. The Labute approximate surface area is 129 Å². The van der Waals surface area contributed by atoms with Crippen molar-refractivity contribution in [3.05, 3.63) is 58.3 Å². The van der Waals surface area contributed by atoms with Gasteiger partial charge in [0, 0.05) is 4.88 Å². The lowest BCUT2D eigenvalue weighted by atomic mass is 10.0. The molecule has 1 aromatic carbocycles. The van der Waals surface area contributed by atoms with Gasteiger partial charge in [0.2, 0.25) is 5.91 Å². The van der Waals surface area contributed by atoms with Crippen molar-refractivity contribution in [3.8, 4) is 0 Å². The van der Waals surface area contributed by atoms with Crippen LogP contribution in [0.15, 0.2) is 47.8 Å². The molecule has 2 unspecified atom stereocenters. The quantitative estimate of drug-likeness (QED) is 0.911.